The van der Waals surface area contributed by atoms with Crippen molar-refractivity contribution < 1.29 is 4.79 Å². The van der Waals surface area contributed by atoms with Crippen LogP contribution >= 0.6 is 11.3 Å². The van der Waals surface area contributed by atoms with Crippen molar-refractivity contribution in [2.45, 2.75) is 64.5 Å². The fourth-order valence-electron chi connectivity index (χ4n) is 5.79. The van der Waals surface area contributed by atoms with Crippen molar-refractivity contribution in [2.24, 2.45) is 0 Å². The molecule has 4 aromatic rings. The number of carbonyl (C=O) groups excluding carboxylic acids is 1. The van der Waals surface area contributed by atoms with E-state index in [1.807, 2.05) is 23.6 Å². The van der Waals surface area contributed by atoms with Gasteiger partial charge in [0.1, 0.15) is 16.2 Å². The number of likely N-dealkylation sites (tertiary alicyclic amines) is 1. The molecule has 1 saturated heterocycles. The molecule has 5 rings (SSSR count). The number of hydrogen-bond donors (Lipinski definition) is 3. The van der Waals surface area contributed by atoms with Crippen LogP contribution in [0.4, 0.5) is 5.82 Å². The highest BCUT2D eigenvalue weighted by Crippen LogP contribution is 2.32. The molecule has 0 bridgehead atoms. The Bertz CT molecular complexity index is 1540. The highest BCUT2D eigenvalue weighted by Gasteiger charge is 2.23. The minimum Gasteiger partial charge on any atom is -0.370 e. The van der Waals surface area contributed by atoms with Crippen molar-refractivity contribution in [3.8, 4) is 0 Å². The number of hydrogen-bond acceptors (Lipinski definition) is 7. The van der Waals surface area contributed by atoms with Gasteiger partial charge in [-0.3, -0.25) is 14.0 Å². The molecule has 3 N–H and O–H groups in total. The summed E-state index contributed by atoms with van der Waals surface area (Å²) in [6.45, 7) is 6.70. The van der Waals surface area contributed by atoms with Crippen LogP contribution < -0.4 is 21.4 Å². The Balaban J connectivity index is 1.51. The van der Waals surface area contributed by atoms with Gasteiger partial charge >= 0.3 is 0 Å². The van der Waals surface area contributed by atoms with E-state index >= 15 is 0 Å². The summed E-state index contributed by atoms with van der Waals surface area (Å²) in [4.78, 5) is 35.2. The van der Waals surface area contributed by atoms with Gasteiger partial charge in [-0.15, -0.1) is 11.3 Å². The number of fused-ring (bicyclic) bond motifs is 5. The Labute approximate surface area is 233 Å². The van der Waals surface area contributed by atoms with Crippen LogP contribution in [0.5, 0.6) is 0 Å². The molecule has 1 fully saturated rings. The number of aromatic nitrogens is 2. The topological polar surface area (TPSA) is 90.8 Å². The molecule has 2 unspecified atom stereocenters. The molecule has 4 heterocycles. The van der Waals surface area contributed by atoms with Crippen LogP contribution in [0.25, 0.3) is 26.1 Å². The van der Waals surface area contributed by atoms with Crippen molar-refractivity contribution in [1.82, 2.24) is 24.9 Å². The molecule has 3 aromatic heterocycles. The first kappa shape index (κ1) is 27.6. The predicted octanol–water partition coefficient (Wildman–Crippen LogP) is 4.78. The molecule has 208 valence electrons. The van der Waals surface area contributed by atoms with Gasteiger partial charge in [-0.1, -0.05) is 19.4 Å². The molecule has 8 nitrogen and oxygen atoms in total. The molecule has 9 heteroatoms. The number of aryl methyl sites for hydroxylation is 1. The van der Waals surface area contributed by atoms with Crippen LogP contribution in [0, 0.1) is 6.92 Å². The number of nitrogens with zero attached hydrogens (tertiary/aromatic N) is 3. The van der Waals surface area contributed by atoms with E-state index in [-0.39, 0.29) is 16.9 Å². The van der Waals surface area contributed by atoms with E-state index in [0.29, 0.717) is 34.5 Å². The first-order valence-corrected chi connectivity index (χ1v) is 15.0. The van der Waals surface area contributed by atoms with Gasteiger partial charge in [-0.2, -0.15) is 0 Å². The molecule has 39 heavy (non-hydrogen) atoms. The normalized spacial score (nSPS) is 16.9. The van der Waals surface area contributed by atoms with Gasteiger partial charge < -0.3 is 20.9 Å². The molecule has 1 aliphatic rings. The largest absolute Gasteiger partial charge is 0.370 e. The van der Waals surface area contributed by atoms with Gasteiger partial charge in [0.05, 0.1) is 15.6 Å². The van der Waals surface area contributed by atoms with Crippen molar-refractivity contribution in [1.29, 1.82) is 0 Å². The maximum absolute atomic E-state index is 13.8. The van der Waals surface area contributed by atoms with Crippen LogP contribution in [0.2, 0.25) is 0 Å². The lowest BCUT2D eigenvalue weighted by Gasteiger charge is -2.19. The molecule has 1 amide bonds. The Morgan fingerprint density at radius 3 is 2.79 bits per heavy atom. The van der Waals surface area contributed by atoms with Crippen LogP contribution in [0.3, 0.4) is 0 Å². The fourth-order valence-corrected chi connectivity index (χ4v) is 6.95. The monoisotopic (exact) mass is 548 g/mol. The van der Waals surface area contributed by atoms with E-state index < -0.39 is 0 Å². The summed E-state index contributed by atoms with van der Waals surface area (Å²) < 4.78 is 3.02. The van der Waals surface area contributed by atoms with Gasteiger partial charge in [-0.05, 0) is 89.5 Å². The average molecular weight is 549 g/mol. The summed E-state index contributed by atoms with van der Waals surface area (Å²) >= 11 is 1.47. The first-order chi connectivity index (χ1) is 18.9. The van der Waals surface area contributed by atoms with Crippen LogP contribution in [-0.2, 0) is 0 Å². The van der Waals surface area contributed by atoms with Crippen molar-refractivity contribution in [3.63, 3.8) is 0 Å². The highest BCUT2D eigenvalue weighted by molar-refractivity contribution is 7.24. The molecule has 0 radical (unpaired) electrons. The third-order valence-electron chi connectivity index (χ3n) is 8.04. The summed E-state index contributed by atoms with van der Waals surface area (Å²) in [7, 11) is 4.14. The summed E-state index contributed by atoms with van der Waals surface area (Å²) in [6, 6.07) is 10.8. The molecule has 1 aliphatic heterocycles. The first-order valence-electron chi connectivity index (χ1n) is 14.2. The van der Waals surface area contributed by atoms with E-state index in [1.165, 1.54) is 24.2 Å². The Morgan fingerprint density at radius 1 is 1.21 bits per heavy atom. The van der Waals surface area contributed by atoms with Crippen molar-refractivity contribution >= 4 is 49.1 Å². The Morgan fingerprint density at radius 2 is 2.05 bits per heavy atom. The average Bonchev–Trinajstić information content (AvgIpc) is 3.50. The predicted molar refractivity (Wildman–Crippen MR) is 163 cm³/mol. The van der Waals surface area contributed by atoms with Gasteiger partial charge in [0.25, 0.3) is 5.91 Å². The number of amides is 1. The number of benzene rings is 1. The third kappa shape index (κ3) is 5.66. The van der Waals surface area contributed by atoms with Crippen LogP contribution in [0.15, 0.2) is 35.1 Å². The molecular weight excluding hydrogens is 508 g/mol. The second-order valence-electron chi connectivity index (χ2n) is 10.8. The van der Waals surface area contributed by atoms with Crippen LogP contribution in [-0.4, -0.2) is 66.0 Å². The number of anilines is 1. The van der Waals surface area contributed by atoms with Gasteiger partial charge in [-0.25, -0.2) is 4.98 Å². The number of thiazole rings is 1. The number of nitrogens with one attached hydrogen (secondary N) is 3. The maximum atomic E-state index is 13.8. The second kappa shape index (κ2) is 12.0. The van der Waals surface area contributed by atoms with E-state index in [2.05, 4.69) is 59.9 Å². The third-order valence-corrected chi connectivity index (χ3v) is 9.19. The summed E-state index contributed by atoms with van der Waals surface area (Å²) in [5, 5.41) is 10.3. The van der Waals surface area contributed by atoms with E-state index in [1.54, 1.807) is 0 Å². The second-order valence-corrected chi connectivity index (χ2v) is 11.8. The minimum atomic E-state index is -0.322. The highest BCUT2D eigenvalue weighted by atomic mass is 32.1. The van der Waals surface area contributed by atoms with E-state index in [0.717, 1.165) is 60.4 Å². The molecule has 0 spiro atoms. The maximum Gasteiger partial charge on any atom is 0.258 e. The smallest absolute Gasteiger partial charge is 0.258 e. The molecular formula is C30H40N6O2S. The molecule has 0 saturated carbocycles. The number of pyridine rings is 2. The summed E-state index contributed by atoms with van der Waals surface area (Å²) in [6.07, 6.45) is 6.48. The lowest BCUT2D eigenvalue weighted by molar-refractivity contribution is 0.0952. The SMILES string of the molecule is CCCC(CCNC(=O)c1c(=O)c2ccc(NCCC3CCCN3C)nc2n2c1sc1ccc(C)cc12)NC. The van der Waals surface area contributed by atoms with E-state index in [4.69, 9.17) is 4.98 Å². The van der Waals surface area contributed by atoms with Gasteiger partial charge in [0, 0.05) is 25.2 Å². The Hall–Kier alpha value is -3.01. The Kier molecular flexibility index (Phi) is 8.49. The zero-order valence-electron chi connectivity index (χ0n) is 23.5. The fraction of sp³-hybridized carbons (Fsp3) is 0.500. The number of rotatable bonds is 11. The molecule has 2 atom stereocenters. The summed E-state index contributed by atoms with van der Waals surface area (Å²) in [5.74, 6) is 0.423. The quantitative estimate of drug-likeness (QED) is 0.250. The van der Waals surface area contributed by atoms with Gasteiger partial charge in [0.15, 0.2) is 5.65 Å². The van der Waals surface area contributed by atoms with Crippen molar-refractivity contribution in [2.75, 3.05) is 39.0 Å². The van der Waals surface area contributed by atoms with Crippen molar-refractivity contribution in [3.05, 3.63) is 51.7 Å². The summed E-state index contributed by atoms with van der Waals surface area (Å²) in [5.41, 5.74) is 2.60. The number of carbonyl (C=O) groups is 1. The van der Waals surface area contributed by atoms with Gasteiger partial charge in [0.2, 0.25) is 5.43 Å². The zero-order valence-corrected chi connectivity index (χ0v) is 24.3. The minimum absolute atomic E-state index is 0.199. The molecule has 1 aromatic carbocycles. The van der Waals surface area contributed by atoms with Crippen LogP contribution in [0.1, 0.15) is 61.4 Å². The molecule has 0 aliphatic carbocycles. The van der Waals surface area contributed by atoms with E-state index in [9.17, 15) is 9.59 Å². The standard InChI is InChI=1S/C30H40N6O2S/c1-5-7-20(31-3)13-15-33-29(38)26-27(37)22-10-12-25(32-16-14-21-8-6-17-35(21)4)34-28(22)36-23-18-19(2)9-11-24(23)39-30(26)36/h9-12,18,20-21,31H,5-8,13-17H2,1-4H3,(H,32,34)(H,33,38). The lowest BCUT2D eigenvalue weighted by Crippen LogP contribution is -2.34. The lowest BCUT2D eigenvalue weighted by atomic mass is 10.1. The zero-order chi connectivity index (χ0) is 27.5.